The number of nitrogens with two attached hydrogens (primary N) is 1. The van der Waals surface area contributed by atoms with E-state index in [1.165, 1.54) is 4.68 Å². The Morgan fingerprint density at radius 2 is 2.22 bits per heavy atom. The van der Waals surface area contributed by atoms with Gasteiger partial charge in [-0.3, -0.25) is 4.79 Å². The highest BCUT2D eigenvalue weighted by Gasteiger charge is 2.13. The van der Waals surface area contributed by atoms with E-state index >= 15 is 0 Å². The van der Waals surface area contributed by atoms with Crippen LogP contribution in [0, 0.1) is 5.92 Å². The summed E-state index contributed by atoms with van der Waals surface area (Å²) in [6, 6.07) is 1.64. The second kappa shape index (κ2) is 5.97. The van der Waals surface area contributed by atoms with Crippen LogP contribution in [0.25, 0.3) is 0 Å². The smallest absolute Gasteiger partial charge is 0.268 e. The summed E-state index contributed by atoms with van der Waals surface area (Å²) in [7, 11) is 0. The van der Waals surface area contributed by atoms with Crippen molar-refractivity contribution >= 4 is 5.69 Å². The van der Waals surface area contributed by atoms with Crippen molar-refractivity contribution in [3.63, 3.8) is 0 Å². The van der Waals surface area contributed by atoms with Crippen molar-refractivity contribution < 1.29 is 4.74 Å². The summed E-state index contributed by atoms with van der Waals surface area (Å²) in [6.45, 7) is 6.15. The first-order chi connectivity index (χ1) is 8.70. The fourth-order valence-corrected chi connectivity index (χ4v) is 1.93. The first-order valence-corrected chi connectivity index (χ1v) is 6.30. The Balaban J connectivity index is 2.11. The fourth-order valence-electron chi connectivity index (χ4n) is 1.93. The van der Waals surface area contributed by atoms with Gasteiger partial charge in [-0.25, -0.2) is 4.68 Å². The normalized spacial score (nSPS) is 17.8. The SMILES string of the molecule is CC(CN)Cn1ncc(N2CCOCC2)cc1=O. The van der Waals surface area contributed by atoms with Gasteiger partial charge in [0.2, 0.25) is 0 Å². The van der Waals surface area contributed by atoms with Gasteiger partial charge in [0.15, 0.2) is 0 Å². The van der Waals surface area contributed by atoms with Gasteiger partial charge >= 0.3 is 0 Å². The molecular weight excluding hydrogens is 232 g/mol. The average molecular weight is 252 g/mol. The highest BCUT2D eigenvalue weighted by molar-refractivity contribution is 5.43. The van der Waals surface area contributed by atoms with Crippen LogP contribution in [0.2, 0.25) is 0 Å². The highest BCUT2D eigenvalue weighted by Crippen LogP contribution is 2.11. The van der Waals surface area contributed by atoms with Crippen LogP contribution in [0.1, 0.15) is 6.92 Å². The van der Waals surface area contributed by atoms with Gasteiger partial charge in [-0.05, 0) is 12.5 Å². The molecule has 1 aromatic rings. The van der Waals surface area contributed by atoms with Crippen LogP contribution >= 0.6 is 0 Å². The first kappa shape index (κ1) is 13.0. The molecule has 1 aliphatic rings. The molecule has 100 valence electrons. The minimum atomic E-state index is -0.0701. The lowest BCUT2D eigenvalue weighted by Gasteiger charge is -2.28. The molecule has 1 aliphatic heterocycles. The third-order valence-electron chi connectivity index (χ3n) is 3.12. The van der Waals surface area contributed by atoms with E-state index in [1.807, 2.05) is 6.92 Å². The molecule has 18 heavy (non-hydrogen) atoms. The monoisotopic (exact) mass is 252 g/mol. The van der Waals surface area contributed by atoms with Crippen molar-refractivity contribution in [2.24, 2.45) is 11.7 Å². The van der Waals surface area contributed by atoms with E-state index in [-0.39, 0.29) is 11.5 Å². The topological polar surface area (TPSA) is 73.4 Å². The van der Waals surface area contributed by atoms with E-state index in [2.05, 4.69) is 10.00 Å². The van der Waals surface area contributed by atoms with E-state index in [9.17, 15) is 4.79 Å². The second-order valence-electron chi connectivity index (χ2n) is 4.67. The summed E-state index contributed by atoms with van der Waals surface area (Å²) in [5.41, 5.74) is 6.36. The Kier molecular flexibility index (Phi) is 4.33. The number of hydrogen-bond donors (Lipinski definition) is 1. The molecule has 1 saturated heterocycles. The van der Waals surface area contributed by atoms with Crippen molar-refractivity contribution in [2.75, 3.05) is 37.7 Å². The maximum Gasteiger partial charge on any atom is 0.268 e. The highest BCUT2D eigenvalue weighted by atomic mass is 16.5. The number of nitrogens with zero attached hydrogens (tertiary/aromatic N) is 3. The maximum atomic E-state index is 11.9. The molecule has 1 fully saturated rings. The molecule has 1 unspecified atom stereocenters. The van der Waals surface area contributed by atoms with Crippen LogP contribution < -0.4 is 16.2 Å². The van der Waals surface area contributed by atoms with Gasteiger partial charge in [-0.15, -0.1) is 0 Å². The van der Waals surface area contributed by atoms with E-state index in [1.54, 1.807) is 12.3 Å². The van der Waals surface area contributed by atoms with Crippen molar-refractivity contribution in [3.8, 4) is 0 Å². The molecule has 6 nitrogen and oxygen atoms in total. The molecule has 0 aliphatic carbocycles. The number of ether oxygens (including phenoxy) is 1. The van der Waals surface area contributed by atoms with Crippen molar-refractivity contribution in [1.82, 2.24) is 9.78 Å². The summed E-state index contributed by atoms with van der Waals surface area (Å²) in [6.07, 6.45) is 1.75. The Labute approximate surface area is 106 Å². The number of hydrogen-bond acceptors (Lipinski definition) is 5. The second-order valence-corrected chi connectivity index (χ2v) is 4.67. The lowest BCUT2D eigenvalue weighted by Crippen LogP contribution is -2.37. The summed E-state index contributed by atoms with van der Waals surface area (Å²) in [4.78, 5) is 14.1. The Morgan fingerprint density at radius 1 is 1.50 bits per heavy atom. The summed E-state index contributed by atoms with van der Waals surface area (Å²) < 4.78 is 6.76. The third kappa shape index (κ3) is 3.08. The lowest BCUT2D eigenvalue weighted by atomic mass is 10.2. The van der Waals surface area contributed by atoms with Gasteiger partial charge in [0, 0.05) is 25.7 Å². The minimum Gasteiger partial charge on any atom is -0.378 e. The lowest BCUT2D eigenvalue weighted by molar-refractivity contribution is 0.122. The van der Waals surface area contributed by atoms with E-state index < -0.39 is 0 Å². The number of morpholine rings is 1. The maximum absolute atomic E-state index is 11.9. The predicted molar refractivity (Wildman–Crippen MR) is 69.7 cm³/mol. The quantitative estimate of drug-likeness (QED) is 0.794. The number of rotatable bonds is 4. The predicted octanol–water partition coefficient (Wildman–Crippen LogP) is -0.325. The van der Waals surface area contributed by atoms with Gasteiger partial charge < -0.3 is 15.4 Å². The molecule has 0 saturated carbocycles. The Morgan fingerprint density at radius 3 is 2.83 bits per heavy atom. The average Bonchev–Trinajstić information content (AvgIpc) is 2.42. The standard InChI is InChI=1S/C12H20N4O2/c1-10(7-13)9-16-12(17)6-11(8-14-16)15-2-4-18-5-3-15/h6,8,10H,2-5,7,9,13H2,1H3. The minimum absolute atomic E-state index is 0.0701. The van der Waals surface area contributed by atoms with Gasteiger partial charge in [-0.1, -0.05) is 6.92 Å². The zero-order valence-corrected chi connectivity index (χ0v) is 10.7. The number of anilines is 1. The van der Waals surface area contributed by atoms with E-state index in [0.717, 1.165) is 18.8 Å². The molecule has 2 rings (SSSR count). The van der Waals surface area contributed by atoms with Crippen molar-refractivity contribution in [2.45, 2.75) is 13.5 Å². The van der Waals surface area contributed by atoms with Crippen molar-refractivity contribution in [3.05, 3.63) is 22.6 Å². The third-order valence-corrected chi connectivity index (χ3v) is 3.12. The van der Waals surface area contributed by atoms with Gasteiger partial charge in [0.25, 0.3) is 5.56 Å². The zero-order chi connectivity index (χ0) is 13.0. The molecule has 0 amide bonds. The first-order valence-electron chi connectivity index (χ1n) is 6.30. The van der Waals surface area contributed by atoms with Crippen LogP contribution in [-0.4, -0.2) is 42.6 Å². The molecule has 0 radical (unpaired) electrons. The largest absolute Gasteiger partial charge is 0.378 e. The van der Waals surface area contributed by atoms with Crippen LogP contribution in [-0.2, 0) is 11.3 Å². The molecule has 1 aromatic heterocycles. The summed E-state index contributed by atoms with van der Waals surface area (Å²) >= 11 is 0. The molecule has 0 bridgehead atoms. The van der Waals surface area contributed by atoms with Crippen LogP contribution in [0.5, 0.6) is 0 Å². The molecule has 0 spiro atoms. The van der Waals surface area contributed by atoms with E-state index in [4.69, 9.17) is 10.5 Å². The molecule has 1 atom stereocenters. The molecule has 2 N–H and O–H groups in total. The van der Waals surface area contributed by atoms with Crippen LogP contribution in [0.4, 0.5) is 5.69 Å². The van der Waals surface area contributed by atoms with Gasteiger partial charge in [0.1, 0.15) is 0 Å². The summed E-state index contributed by atoms with van der Waals surface area (Å²) in [5, 5.41) is 4.21. The summed E-state index contributed by atoms with van der Waals surface area (Å²) in [5.74, 6) is 0.254. The van der Waals surface area contributed by atoms with Crippen LogP contribution in [0.3, 0.4) is 0 Å². The Bertz CT molecular complexity index is 440. The molecule has 2 heterocycles. The van der Waals surface area contributed by atoms with E-state index in [0.29, 0.717) is 26.3 Å². The number of aromatic nitrogens is 2. The Hall–Kier alpha value is -1.40. The van der Waals surface area contributed by atoms with Gasteiger partial charge in [-0.2, -0.15) is 5.10 Å². The molecule has 6 heteroatoms. The molecule has 0 aromatic carbocycles. The van der Waals surface area contributed by atoms with Crippen LogP contribution in [0.15, 0.2) is 17.1 Å². The molecular formula is C12H20N4O2. The zero-order valence-electron chi connectivity index (χ0n) is 10.7. The van der Waals surface area contributed by atoms with Gasteiger partial charge in [0.05, 0.1) is 25.1 Å². The van der Waals surface area contributed by atoms with Crippen molar-refractivity contribution in [1.29, 1.82) is 0 Å². The fraction of sp³-hybridized carbons (Fsp3) is 0.667.